The second-order valence-corrected chi connectivity index (χ2v) is 7.62. The zero-order valence-corrected chi connectivity index (χ0v) is 13.0. The van der Waals surface area contributed by atoms with Crippen LogP contribution in [0.25, 0.3) is 0 Å². The van der Waals surface area contributed by atoms with E-state index >= 15 is 0 Å². The van der Waals surface area contributed by atoms with Crippen molar-refractivity contribution in [3.8, 4) is 0 Å². The number of hydrogen-bond donors (Lipinski definition) is 0. The number of hydrogen-bond acceptors (Lipinski definition) is 1. The van der Waals surface area contributed by atoms with Gasteiger partial charge in [0, 0.05) is 10.7 Å². The van der Waals surface area contributed by atoms with E-state index < -0.39 is 27.5 Å². The zero-order chi connectivity index (χ0) is 14.8. The fourth-order valence-corrected chi connectivity index (χ4v) is 2.26. The molecule has 0 aliphatic heterocycles. The highest BCUT2D eigenvalue weighted by atomic mass is 79.9. The molecular formula is C12H13BrF3NOS. The Kier molecular flexibility index (Phi) is 4.95. The van der Waals surface area contributed by atoms with Crippen LogP contribution < -0.4 is 0 Å². The van der Waals surface area contributed by atoms with Gasteiger partial charge in [0.1, 0.15) is 11.0 Å². The van der Waals surface area contributed by atoms with Crippen molar-refractivity contribution < 1.29 is 17.4 Å². The molecule has 0 spiro atoms. The van der Waals surface area contributed by atoms with E-state index in [9.17, 15) is 17.4 Å². The molecule has 1 atom stereocenters. The van der Waals surface area contributed by atoms with Crippen molar-refractivity contribution >= 4 is 33.1 Å². The minimum absolute atomic E-state index is 0.0644. The van der Waals surface area contributed by atoms with Crippen molar-refractivity contribution in [2.45, 2.75) is 31.7 Å². The summed E-state index contributed by atoms with van der Waals surface area (Å²) in [4.78, 5) is 0. The van der Waals surface area contributed by atoms with Crippen molar-refractivity contribution in [1.29, 1.82) is 0 Å². The Morgan fingerprint density at radius 3 is 2.26 bits per heavy atom. The number of rotatable bonds is 2. The Labute approximate surface area is 120 Å². The lowest BCUT2D eigenvalue weighted by Gasteiger charge is -2.13. The monoisotopic (exact) mass is 355 g/mol. The summed E-state index contributed by atoms with van der Waals surface area (Å²) in [6, 6.07) is 3.55. The van der Waals surface area contributed by atoms with Gasteiger partial charge in [-0.25, -0.2) is 4.21 Å². The smallest absolute Gasteiger partial charge is 0.234 e. The molecule has 106 valence electrons. The van der Waals surface area contributed by atoms with Crippen molar-refractivity contribution in [3.63, 3.8) is 0 Å². The van der Waals surface area contributed by atoms with E-state index in [1.165, 1.54) is 18.3 Å². The van der Waals surface area contributed by atoms with Crippen LogP contribution in [0.2, 0.25) is 0 Å². The summed E-state index contributed by atoms with van der Waals surface area (Å²) in [5, 5.41) is 0. The van der Waals surface area contributed by atoms with E-state index in [2.05, 4.69) is 20.3 Å². The quantitative estimate of drug-likeness (QED) is 0.725. The molecule has 2 nitrogen and oxygen atoms in total. The first-order chi connectivity index (χ1) is 8.51. The van der Waals surface area contributed by atoms with Gasteiger partial charge in [0.05, 0.1) is 10.3 Å². The third-order valence-corrected chi connectivity index (χ3v) is 4.12. The van der Waals surface area contributed by atoms with Crippen molar-refractivity contribution in [2.75, 3.05) is 0 Å². The van der Waals surface area contributed by atoms with E-state index in [0.717, 1.165) is 6.07 Å². The van der Waals surface area contributed by atoms with E-state index in [0.29, 0.717) is 5.56 Å². The maximum absolute atomic E-state index is 12.5. The lowest BCUT2D eigenvalue weighted by Crippen LogP contribution is -2.19. The van der Waals surface area contributed by atoms with Gasteiger partial charge in [-0.2, -0.15) is 17.6 Å². The zero-order valence-electron chi connectivity index (χ0n) is 10.6. The van der Waals surface area contributed by atoms with Crippen molar-refractivity contribution in [1.82, 2.24) is 0 Å². The molecule has 0 aliphatic rings. The number of nitrogens with zero attached hydrogens (tertiary/aromatic N) is 1. The molecule has 0 unspecified atom stereocenters. The summed E-state index contributed by atoms with van der Waals surface area (Å²) in [6.45, 7) is 5.30. The van der Waals surface area contributed by atoms with Crippen LogP contribution in [0.5, 0.6) is 0 Å². The molecule has 0 fully saturated rings. The molecule has 0 radical (unpaired) electrons. The second kappa shape index (κ2) is 5.75. The van der Waals surface area contributed by atoms with Crippen LogP contribution in [0.3, 0.4) is 0 Å². The van der Waals surface area contributed by atoms with Crippen LogP contribution in [-0.4, -0.2) is 15.2 Å². The normalized spacial score (nSPS) is 14.9. The van der Waals surface area contributed by atoms with Gasteiger partial charge >= 0.3 is 6.18 Å². The highest BCUT2D eigenvalue weighted by Crippen LogP contribution is 2.34. The van der Waals surface area contributed by atoms with Crippen LogP contribution >= 0.6 is 15.9 Å². The van der Waals surface area contributed by atoms with Gasteiger partial charge in [0.2, 0.25) is 0 Å². The van der Waals surface area contributed by atoms with Crippen molar-refractivity contribution in [2.24, 2.45) is 4.40 Å². The molecule has 1 aromatic carbocycles. The Morgan fingerprint density at radius 1 is 1.26 bits per heavy atom. The maximum atomic E-state index is 12.5. The van der Waals surface area contributed by atoms with Gasteiger partial charge in [-0.05, 0) is 38.5 Å². The van der Waals surface area contributed by atoms with Gasteiger partial charge in [-0.15, -0.1) is 0 Å². The third kappa shape index (κ3) is 4.72. The SMILES string of the molecule is CC(C)(C)[S@](=O)/N=C/c1ccc(C(F)(F)F)c(Br)c1. The van der Waals surface area contributed by atoms with E-state index in [-0.39, 0.29) is 4.47 Å². The predicted molar refractivity (Wildman–Crippen MR) is 74.6 cm³/mol. The summed E-state index contributed by atoms with van der Waals surface area (Å²) >= 11 is 2.87. The standard InChI is InChI=1S/C12H13BrF3NOS/c1-11(2,3)19(18)17-7-8-4-5-9(10(13)6-8)12(14,15)16/h4-7H,1-3H3/b17-7+/t19-/m0/s1. The first-order valence-corrected chi connectivity index (χ1v) is 7.24. The number of benzene rings is 1. The van der Waals surface area contributed by atoms with Crippen LogP contribution in [-0.2, 0) is 17.2 Å². The van der Waals surface area contributed by atoms with Crippen LogP contribution in [0.4, 0.5) is 13.2 Å². The first kappa shape index (κ1) is 16.4. The molecule has 0 bridgehead atoms. The van der Waals surface area contributed by atoms with Gasteiger partial charge in [-0.1, -0.05) is 22.0 Å². The lowest BCUT2D eigenvalue weighted by atomic mass is 10.1. The summed E-state index contributed by atoms with van der Waals surface area (Å²) in [6.07, 6.45) is -3.09. The van der Waals surface area contributed by atoms with Crippen LogP contribution in [0.1, 0.15) is 31.9 Å². The summed E-state index contributed by atoms with van der Waals surface area (Å²) in [5.74, 6) is 0. The van der Waals surface area contributed by atoms with Gasteiger partial charge in [0.25, 0.3) is 0 Å². The molecule has 0 amide bonds. The molecule has 0 N–H and O–H groups in total. The first-order valence-electron chi connectivity index (χ1n) is 5.34. The molecule has 1 rings (SSSR count). The Bertz CT molecular complexity index is 521. The van der Waals surface area contributed by atoms with Gasteiger partial charge in [0.15, 0.2) is 0 Å². The van der Waals surface area contributed by atoms with Crippen molar-refractivity contribution in [3.05, 3.63) is 33.8 Å². The van der Waals surface area contributed by atoms with Crippen LogP contribution in [0, 0.1) is 0 Å². The second-order valence-electron chi connectivity index (χ2n) is 4.83. The highest BCUT2D eigenvalue weighted by molar-refractivity contribution is 9.10. The molecule has 0 saturated heterocycles. The minimum Gasteiger partial charge on any atom is -0.234 e. The summed E-state index contributed by atoms with van der Waals surface area (Å²) in [5.41, 5.74) is -0.293. The molecule has 7 heteroatoms. The minimum atomic E-state index is -4.40. The largest absolute Gasteiger partial charge is 0.417 e. The van der Waals surface area contributed by atoms with E-state index in [1.807, 2.05) is 0 Å². The Morgan fingerprint density at radius 2 is 1.84 bits per heavy atom. The Balaban J connectivity index is 2.98. The molecular weight excluding hydrogens is 343 g/mol. The summed E-state index contributed by atoms with van der Waals surface area (Å²) in [7, 11) is -1.43. The molecule has 0 saturated carbocycles. The Hall–Kier alpha value is -0.690. The molecule has 0 heterocycles. The fourth-order valence-electron chi connectivity index (χ4n) is 1.11. The van der Waals surface area contributed by atoms with E-state index in [4.69, 9.17) is 0 Å². The van der Waals surface area contributed by atoms with Gasteiger partial charge < -0.3 is 0 Å². The third-order valence-electron chi connectivity index (χ3n) is 2.12. The topological polar surface area (TPSA) is 29.4 Å². The number of alkyl halides is 3. The highest BCUT2D eigenvalue weighted by Gasteiger charge is 2.32. The molecule has 19 heavy (non-hydrogen) atoms. The van der Waals surface area contributed by atoms with Crippen LogP contribution in [0.15, 0.2) is 27.1 Å². The maximum Gasteiger partial charge on any atom is 0.417 e. The summed E-state index contributed by atoms with van der Waals surface area (Å²) < 4.78 is 52.6. The average molecular weight is 356 g/mol. The fraction of sp³-hybridized carbons (Fsp3) is 0.417. The van der Waals surface area contributed by atoms with Gasteiger partial charge in [-0.3, -0.25) is 0 Å². The number of halogens is 4. The average Bonchev–Trinajstić information content (AvgIpc) is 2.22. The lowest BCUT2D eigenvalue weighted by molar-refractivity contribution is -0.138. The predicted octanol–water partition coefficient (Wildman–Crippen LogP) is 4.35. The molecule has 0 aromatic heterocycles. The molecule has 1 aromatic rings. The van der Waals surface area contributed by atoms with E-state index in [1.54, 1.807) is 20.8 Å². The molecule has 0 aliphatic carbocycles.